The van der Waals surface area contributed by atoms with Crippen molar-refractivity contribution < 1.29 is 9.59 Å². The summed E-state index contributed by atoms with van der Waals surface area (Å²) in [6.45, 7) is 8.39. The lowest BCUT2D eigenvalue weighted by molar-refractivity contribution is 0.0994. The number of carbonyl (C=O) groups is 2. The number of piperazine rings is 1. The molecule has 1 aliphatic heterocycles. The van der Waals surface area contributed by atoms with Crippen LogP contribution in [-0.4, -0.2) is 50.6 Å². The number of anilines is 1. The molecule has 1 aliphatic rings. The minimum Gasteiger partial charge on any atom is -0.340 e. The molecule has 2 aromatic heterocycles. The van der Waals surface area contributed by atoms with Gasteiger partial charge in [0.25, 0.3) is 0 Å². The predicted octanol–water partition coefficient (Wildman–Crippen LogP) is 1.39. The maximum Gasteiger partial charge on any atom is 0.197 e. The number of ketones is 2. The zero-order valence-electron chi connectivity index (χ0n) is 15.4. The van der Waals surface area contributed by atoms with Gasteiger partial charge in [0.1, 0.15) is 5.82 Å². The third-order valence-electron chi connectivity index (χ3n) is 4.61. The molecule has 0 aromatic carbocycles. The van der Waals surface area contributed by atoms with E-state index in [0.29, 0.717) is 12.4 Å². The maximum atomic E-state index is 11.7. The van der Waals surface area contributed by atoms with E-state index in [0.717, 1.165) is 12.2 Å². The van der Waals surface area contributed by atoms with E-state index in [1.807, 2.05) is 13.0 Å². The van der Waals surface area contributed by atoms with Gasteiger partial charge in [-0.1, -0.05) is 0 Å². The van der Waals surface area contributed by atoms with Gasteiger partial charge in [0.05, 0.1) is 11.2 Å². The summed E-state index contributed by atoms with van der Waals surface area (Å²) in [5.41, 5.74) is 0.160. The van der Waals surface area contributed by atoms with Crippen LogP contribution in [0.4, 0.5) is 5.82 Å². The third-order valence-corrected chi connectivity index (χ3v) is 4.61. The summed E-state index contributed by atoms with van der Waals surface area (Å²) in [6, 6.07) is 3.70. The summed E-state index contributed by atoms with van der Waals surface area (Å²) in [5.74, 6) is 0.665. The average Bonchev–Trinajstić information content (AvgIpc) is 2.62. The molecule has 0 amide bonds. The van der Waals surface area contributed by atoms with E-state index in [9.17, 15) is 9.59 Å². The van der Waals surface area contributed by atoms with Crippen molar-refractivity contribution in [3.63, 3.8) is 0 Å². The van der Waals surface area contributed by atoms with Crippen molar-refractivity contribution in [3.05, 3.63) is 41.9 Å². The Morgan fingerprint density at radius 2 is 1.73 bits per heavy atom. The molecule has 136 valence electrons. The monoisotopic (exact) mass is 354 g/mol. The number of carbonyl (C=O) groups excluding carboxylic acids is 2. The molecular formula is C18H22N6O2. The van der Waals surface area contributed by atoms with Gasteiger partial charge < -0.3 is 10.2 Å². The number of nitrogens with one attached hydrogen (secondary N) is 1. The first kappa shape index (κ1) is 18.1. The van der Waals surface area contributed by atoms with Crippen molar-refractivity contribution in [2.24, 2.45) is 0 Å². The Balaban J connectivity index is 2.11. The molecule has 1 fully saturated rings. The van der Waals surface area contributed by atoms with E-state index in [1.54, 1.807) is 18.5 Å². The molecule has 0 unspecified atom stereocenters. The summed E-state index contributed by atoms with van der Waals surface area (Å²) in [7, 11) is 0. The Morgan fingerprint density at radius 3 is 2.38 bits per heavy atom. The molecule has 3 rings (SSSR count). The van der Waals surface area contributed by atoms with Gasteiger partial charge in [-0.25, -0.2) is 19.9 Å². The zero-order valence-corrected chi connectivity index (χ0v) is 15.4. The van der Waals surface area contributed by atoms with Crippen LogP contribution in [-0.2, 0) is 5.54 Å². The van der Waals surface area contributed by atoms with Crippen molar-refractivity contribution in [3.8, 4) is 0 Å². The van der Waals surface area contributed by atoms with Crippen LogP contribution in [0.15, 0.2) is 24.5 Å². The first-order valence-electron chi connectivity index (χ1n) is 8.51. The van der Waals surface area contributed by atoms with Crippen LogP contribution in [0.3, 0.4) is 0 Å². The Morgan fingerprint density at radius 1 is 1.12 bits per heavy atom. The van der Waals surface area contributed by atoms with Gasteiger partial charge in [-0.05, 0) is 26.0 Å². The molecule has 1 saturated heterocycles. The van der Waals surface area contributed by atoms with Gasteiger partial charge in [0.15, 0.2) is 23.2 Å². The average molecular weight is 354 g/mol. The molecule has 1 N–H and O–H groups in total. The van der Waals surface area contributed by atoms with Crippen molar-refractivity contribution in [1.29, 1.82) is 0 Å². The zero-order chi connectivity index (χ0) is 18.9. The SMILES string of the molecule is CC(=O)c1nccc(N2[C@@H](C)CNC[C@]2(C)c2ccnc(C(C)=O)n2)n1. The van der Waals surface area contributed by atoms with E-state index in [-0.39, 0.29) is 29.3 Å². The molecule has 3 heterocycles. The van der Waals surface area contributed by atoms with Crippen molar-refractivity contribution >= 4 is 17.4 Å². The molecule has 0 spiro atoms. The van der Waals surface area contributed by atoms with Crippen LogP contribution in [0.5, 0.6) is 0 Å². The minimum atomic E-state index is -0.562. The highest BCUT2D eigenvalue weighted by Gasteiger charge is 2.42. The second-order valence-electron chi connectivity index (χ2n) is 6.74. The molecule has 0 saturated carbocycles. The number of hydrogen-bond acceptors (Lipinski definition) is 8. The standard InChI is InChI=1S/C18H22N6O2/c1-11-9-19-10-18(4,14-5-7-20-16(22-14)12(2)25)24(11)15-6-8-21-17(23-15)13(3)26/h5-8,11,19H,9-10H2,1-4H3/t11-,18+/m0/s1. The van der Waals surface area contributed by atoms with Crippen molar-refractivity contribution in [2.45, 2.75) is 39.3 Å². The van der Waals surface area contributed by atoms with Crippen LogP contribution in [0.2, 0.25) is 0 Å². The summed E-state index contributed by atoms with van der Waals surface area (Å²) >= 11 is 0. The van der Waals surface area contributed by atoms with Crippen LogP contribution in [0, 0.1) is 0 Å². The van der Waals surface area contributed by atoms with Gasteiger partial charge in [0.2, 0.25) is 0 Å². The Hall–Kier alpha value is -2.74. The lowest BCUT2D eigenvalue weighted by Crippen LogP contribution is -2.62. The summed E-state index contributed by atoms with van der Waals surface area (Å²) in [5, 5.41) is 3.41. The van der Waals surface area contributed by atoms with E-state index in [1.165, 1.54) is 13.8 Å². The van der Waals surface area contributed by atoms with Gasteiger partial charge in [0, 0.05) is 45.4 Å². The Labute approximate surface area is 152 Å². The van der Waals surface area contributed by atoms with E-state index < -0.39 is 5.54 Å². The molecule has 0 aliphatic carbocycles. The molecule has 8 nitrogen and oxygen atoms in total. The molecule has 0 bridgehead atoms. The molecule has 26 heavy (non-hydrogen) atoms. The molecular weight excluding hydrogens is 332 g/mol. The number of aromatic nitrogens is 4. The number of Topliss-reactive ketones (excluding diaryl/α,β-unsaturated/α-hetero) is 2. The third kappa shape index (κ3) is 3.20. The Bertz CT molecular complexity index is 855. The number of hydrogen-bond donors (Lipinski definition) is 1. The smallest absolute Gasteiger partial charge is 0.197 e. The van der Waals surface area contributed by atoms with Crippen LogP contribution < -0.4 is 10.2 Å². The molecule has 0 radical (unpaired) electrons. The maximum absolute atomic E-state index is 11.7. The highest BCUT2D eigenvalue weighted by atomic mass is 16.1. The second kappa shape index (κ2) is 6.87. The fourth-order valence-electron chi connectivity index (χ4n) is 3.36. The second-order valence-corrected chi connectivity index (χ2v) is 6.74. The molecule has 2 atom stereocenters. The first-order valence-corrected chi connectivity index (χ1v) is 8.51. The summed E-state index contributed by atoms with van der Waals surface area (Å²) in [6.07, 6.45) is 3.19. The van der Waals surface area contributed by atoms with Gasteiger partial charge in [-0.2, -0.15) is 0 Å². The highest BCUT2D eigenvalue weighted by Crippen LogP contribution is 2.34. The lowest BCUT2D eigenvalue weighted by atomic mass is 9.90. The fourth-order valence-corrected chi connectivity index (χ4v) is 3.36. The normalized spacial score (nSPS) is 22.9. The molecule has 2 aromatic rings. The predicted molar refractivity (Wildman–Crippen MR) is 96.2 cm³/mol. The van der Waals surface area contributed by atoms with Crippen LogP contribution in [0.25, 0.3) is 0 Å². The van der Waals surface area contributed by atoms with E-state index in [2.05, 4.69) is 37.1 Å². The van der Waals surface area contributed by atoms with Crippen molar-refractivity contribution in [1.82, 2.24) is 25.3 Å². The van der Waals surface area contributed by atoms with E-state index in [4.69, 9.17) is 0 Å². The molecule has 8 heteroatoms. The highest BCUT2D eigenvalue weighted by molar-refractivity contribution is 5.90. The largest absolute Gasteiger partial charge is 0.340 e. The van der Waals surface area contributed by atoms with Gasteiger partial charge >= 0.3 is 0 Å². The van der Waals surface area contributed by atoms with Crippen LogP contribution in [0.1, 0.15) is 54.6 Å². The lowest BCUT2D eigenvalue weighted by Gasteiger charge is -2.49. The van der Waals surface area contributed by atoms with Gasteiger partial charge in [-0.15, -0.1) is 0 Å². The minimum absolute atomic E-state index is 0.0965. The Kier molecular flexibility index (Phi) is 4.78. The quantitative estimate of drug-likeness (QED) is 0.822. The van der Waals surface area contributed by atoms with Crippen molar-refractivity contribution in [2.75, 3.05) is 18.0 Å². The summed E-state index contributed by atoms with van der Waals surface area (Å²) in [4.78, 5) is 42.6. The fraction of sp³-hybridized carbons (Fsp3) is 0.444. The summed E-state index contributed by atoms with van der Waals surface area (Å²) < 4.78 is 0. The topological polar surface area (TPSA) is 101 Å². The van der Waals surface area contributed by atoms with E-state index >= 15 is 0 Å². The number of rotatable bonds is 4. The van der Waals surface area contributed by atoms with Crippen LogP contribution >= 0.6 is 0 Å². The number of nitrogens with zero attached hydrogens (tertiary/aromatic N) is 5. The van der Waals surface area contributed by atoms with Gasteiger partial charge in [-0.3, -0.25) is 9.59 Å². The first-order chi connectivity index (χ1) is 12.3.